The number of hydrogen-bond donors (Lipinski definition) is 0. The van der Waals surface area contributed by atoms with Crippen LogP contribution in [0.3, 0.4) is 0 Å². The normalized spacial score (nSPS) is 20.9. The topological polar surface area (TPSA) is 86.7 Å². The standard InChI is InChI=1S/C42H70O6/c1-5-9-13-17-21-23-33(27-29-35(25-19-15-11-7-3)37-31-39(43)47-41(37)45)34(24-22-18-14-10-6-2)28-30-36(26-20-16-12-8-4)38-32-40(44)48-42(38)46/h19-20,25-26,33-38H,5-18,21-24,27-32H2,1-4H3/b25-19+,26-20+. The molecule has 2 heterocycles. The highest BCUT2D eigenvalue weighted by molar-refractivity contribution is 5.95. The molecule has 2 aliphatic rings. The van der Waals surface area contributed by atoms with Crippen molar-refractivity contribution in [3.8, 4) is 0 Å². The van der Waals surface area contributed by atoms with E-state index >= 15 is 0 Å². The highest BCUT2D eigenvalue weighted by Gasteiger charge is 2.40. The molecule has 2 aliphatic heterocycles. The summed E-state index contributed by atoms with van der Waals surface area (Å²) in [7, 11) is 0. The highest BCUT2D eigenvalue weighted by atomic mass is 16.6. The van der Waals surface area contributed by atoms with E-state index in [2.05, 4.69) is 52.0 Å². The van der Waals surface area contributed by atoms with Gasteiger partial charge in [0.25, 0.3) is 0 Å². The molecule has 0 bridgehead atoms. The average Bonchev–Trinajstić information content (AvgIpc) is 3.59. The van der Waals surface area contributed by atoms with E-state index in [0.29, 0.717) is 11.8 Å². The second-order valence-corrected chi connectivity index (χ2v) is 14.8. The number of esters is 4. The molecule has 0 aromatic rings. The average molecular weight is 671 g/mol. The molecule has 0 N–H and O–H groups in total. The van der Waals surface area contributed by atoms with Crippen LogP contribution in [-0.2, 0) is 28.7 Å². The number of carbonyl (C=O) groups is 4. The highest BCUT2D eigenvalue weighted by Crippen LogP contribution is 2.39. The Hall–Kier alpha value is -2.24. The quantitative estimate of drug-likeness (QED) is 0.0341. The van der Waals surface area contributed by atoms with Gasteiger partial charge in [0, 0.05) is 0 Å². The lowest BCUT2D eigenvalue weighted by Crippen LogP contribution is -2.23. The molecule has 0 spiro atoms. The van der Waals surface area contributed by atoms with Crippen molar-refractivity contribution in [1.29, 1.82) is 0 Å². The van der Waals surface area contributed by atoms with E-state index in [-0.39, 0.29) is 48.5 Å². The van der Waals surface area contributed by atoms with E-state index in [1.54, 1.807) is 0 Å². The van der Waals surface area contributed by atoms with E-state index < -0.39 is 11.9 Å². The molecule has 274 valence electrons. The molecule has 2 saturated heterocycles. The minimum absolute atomic E-state index is 0.0159. The molecule has 6 unspecified atom stereocenters. The summed E-state index contributed by atoms with van der Waals surface area (Å²) in [5.41, 5.74) is 0. The molecule has 48 heavy (non-hydrogen) atoms. The lowest BCUT2D eigenvalue weighted by molar-refractivity contribution is -0.155. The lowest BCUT2D eigenvalue weighted by Gasteiger charge is -2.31. The van der Waals surface area contributed by atoms with Crippen molar-refractivity contribution in [2.45, 2.75) is 182 Å². The van der Waals surface area contributed by atoms with Crippen molar-refractivity contribution in [2.24, 2.45) is 35.5 Å². The maximum Gasteiger partial charge on any atom is 0.317 e. The van der Waals surface area contributed by atoms with Crippen LogP contribution in [0, 0.1) is 35.5 Å². The monoisotopic (exact) mass is 671 g/mol. The fourth-order valence-electron chi connectivity index (χ4n) is 7.75. The van der Waals surface area contributed by atoms with Gasteiger partial charge in [0.15, 0.2) is 0 Å². The number of rotatable bonds is 29. The van der Waals surface area contributed by atoms with Gasteiger partial charge in [-0.15, -0.1) is 0 Å². The van der Waals surface area contributed by atoms with Crippen LogP contribution in [-0.4, -0.2) is 23.9 Å². The minimum Gasteiger partial charge on any atom is -0.393 e. The van der Waals surface area contributed by atoms with Crippen molar-refractivity contribution < 1.29 is 28.7 Å². The summed E-state index contributed by atoms with van der Waals surface area (Å²) in [6, 6.07) is 0. The zero-order chi connectivity index (χ0) is 35.0. The van der Waals surface area contributed by atoms with E-state index in [1.807, 2.05) is 0 Å². The predicted octanol–water partition coefficient (Wildman–Crippen LogP) is 11.4. The van der Waals surface area contributed by atoms with Crippen molar-refractivity contribution >= 4 is 23.9 Å². The molecule has 0 aromatic carbocycles. The molecule has 6 nitrogen and oxygen atoms in total. The number of carbonyl (C=O) groups excluding carboxylic acids is 4. The summed E-state index contributed by atoms with van der Waals surface area (Å²) >= 11 is 0. The molecule has 2 rings (SSSR count). The van der Waals surface area contributed by atoms with Crippen molar-refractivity contribution in [3.05, 3.63) is 24.3 Å². The summed E-state index contributed by atoms with van der Waals surface area (Å²) in [5, 5.41) is 0. The molecule has 0 aliphatic carbocycles. The summed E-state index contributed by atoms with van der Waals surface area (Å²) in [6.07, 6.45) is 34.3. The van der Waals surface area contributed by atoms with Gasteiger partial charge in [-0.3, -0.25) is 19.2 Å². The zero-order valence-corrected chi connectivity index (χ0v) is 31.2. The summed E-state index contributed by atoms with van der Waals surface area (Å²) in [5.74, 6) is -1.20. The first-order chi connectivity index (χ1) is 23.3. The van der Waals surface area contributed by atoms with Crippen LogP contribution in [0.15, 0.2) is 24.3 Å². The number of allylic oxidation sites excluding steroid dienone is 4. The molecule has 0 amide bonds. The van der Waals surface area contributed by atoms with Crippen LogP contribution in [0.25, 0.3) is 0 Å². The van der Waals surface area contributed by atoms with Gasteiger partial charge in [0.1, 0.15) is 0 Å². The van der Waals surface area contributed by atoms with Crippen LogP contribution in [0.2, 0.25) is 0 Å². The van der Waals surface area contributed by atoms with Gasteiger partial charge in [-0.1, -0.05) is 155 Å². The third-order valence-electron chi connectivity index (χ3n) is 10.8. The Kier molecular flexibility index (Phi) is 22.4. The Bertz CT molecular complexity index is 905. The molecular weight excluding hydrogens is 600 g/mol. The van der Waals surface area contributed by atoms with Gasteiger partial charge in [-0.2, -0.15) is 0 Å². The van der Waals surface area contributed by atoms with Gasteiger partial charge >= 0.3 is 23.9 Å². The SMILES string of the molecule is CCCC/C=C/C(CCC(CCCCCCC)C(CCCCCCC)CCC(/C=C/CCCC)C1CC(=O)OC1=O)C1CC(=O)OC1=O. The predicted molar refractivity (Wildman–Crippen MR) is 195 cm³/mol. The Labute approximate surface area is 293 Å². The first kappa shape index (κ1) is 41.9. The largest absolute Gasteiger partial charge is 0.393 e. The molecule has 2 fully saturated rings. The number of cyclic esters (lactones) is 4. The van der Waals surface area contributed by atoms with E-state index in [4.69, 9.17) is 9.47 Å². The van der Waals surface area contributed by atoms with Gasteiger partial charge in [0.05, 0.1) is 24.7 Å². The Morgan fingerprint density at radius 1 is 0.500 bits per heavy atom. The smallest absolute Gasteiger partial charge is 0.317 e. The second-order valence-electron chi connectivity index (χ2n) is 14.8. The van der Waals surface area contributed by atoms with Crippen LogP contribution >= 0.6 is 0 Å². The molecule has 6 atom stereocenters. The number of ether oxygens (including phenoxy) is 2. The lowest BCUT2D eigenvalue weighted by atomic mass is 9.74. The first-order valence-electron chi connectivity index (χ1n) is 20.2. The van der Waals surface area contributed by atoms with E-state index in [0.717, 1.165) is 64.2 Å². The maximum atomic E-state index is 12.7. The van der Waals surface area contributed by atoms with Crippen LogP contribution < -0.4 is 0 Å². The second kappa shape index (κ2) is 25.7. The van der Waals surface area contributed by atoms with Crippen LogP contribution in [0.4, 0.5) is 0 Å². The van der Waals surface area contributed by atoms with Gasteiger partial charge in [0.2, 0.25) is 0 Å². The third-order valence-corrected chi connectivity index (χ3v) is 10.8. The van der Waals surface area contributed by atoms with Crippen molar-refractivity contribution in [2.75, 3.05) is 0 Å². The van der Waals surface area contributed by atoms with E-state index in [1.165, 1.54) is 77.0 Å². The summed E-state index contributed by atoms with van der Waals surface area (Å²) < 4.78 is 10.0. The molecule has 0 radical (unpaired) electrons. The van der Waals surface area contributed by atoms with Gasteiger partial charge in [-0.05, 0) is 62.2 Å². The molecule has 6 heteroatoms. The first-order valence-corrected chi connectivity index (χ1v) is 20.2. The van der Waals surface area contributed by atoms with Crippen LogP contribution in [0.5, 0.6) is 0 Å². The summed E-state index contributed by atoms with van der Waals surface area (Å²) in [6.45, 7) is 8.88. The number of hydrogen-bond acceptors (Lipinski definition) is 6. The van der Waals surface area contributed by atoms with Gasteiger partial charge in [-0.25, -0.2) is 0 Å². The van der Waals surface area contributed by atoms with Crippen molar-refractivity contribution in [1.82, 2.24) is 0 Å². The molecule has 0 aromatic heterocycles. The molecule has 0 saturated carbocycles. The third kappa shape index (κ3) is 16.4. The summed E-state index contributed by atoms with van der Waals surface area (Å²) in [4.78, 5) is 49.7. The van der Waals surface area contributed by atoms with E-state index in [9.17, 15) is 19.2 Å². The fourth-order valence-corrected chi connectivity index (χ4v) is 7.75. The van der Waals surface area contributed by atoms with Crippen molar-refractivity contribution in [3.63, 3.8) is 0 Å². The number of unbranched alkanes of at least 4 members (excludes halogenated alkanes) is 12. The Morgan fingerprint density at radius 3 is 1.21 bits per heavy atom. The van der Waals surface area contributed by atoms with Crippen LogP contribution in [0.1, 0.15) is 182 Å². The molecular formula is C42H70O6. The minimum atomic E-state index is -0.392. The van der Waals surface area contributed by atoms with Gasteiger partial charge < -0.3 is 9.47 Å². The zero-order valence-electron chi connectivity index (χ0n) is 31.2. The fraction of sp³-hybridized carbons (Fsp3) is 0.810. The Balaban J connectivity index is 2.29. The Morgan fingerprint density at radius 2 is 0.875 bits per heavy atom. The maximum absolute atomic E-state index is 12.7.